The number of amides is 1. The predicted molar refractivity (Wildman–Crippen MR) is 189 cm³/mol. The van der Waals surface area contributed by atoms with Gasteiger partial charge in [0.1, 0.15) is 28.6 Å². The van der Waals surface area contributed by atoms with E-state index < -0.39 is 5.60 Å². The van der Waals surface area contributed by atoms with Gasteiger partial charge in [0.15, 0.2) is 11.4 Å². The van der Waals surface area contributed by atoms with Gasteiger partial charge in [0.05, 0.1) is 17.6 Å². The van der Waals surface area contributed by atoms with Crippen LogP contribution in [0.2, 0.25) is 0 Å². The number of likely N-dealkylation sites (tertiary alicyclic amines) is 1. The predicted octanol–water partition coefficient (Wildman–Crippen LogP) is 8.32. The van der Waals surface area contributed by atoms with Crippen LogP contribution in [0.5, 0.6) is 6.01 Å². The first-order valence-corrected chi connectivity index (χ1v) is 17.7. The highest BCUT2D eigenvalue weighted by atomic mass is 16.6. The smallest absolute Gasteiger partial charge is 0.410 e. The number of imidazole rings is 1. The van der Waals surface area contributed by atoms with Crippen LogP contribution in [-0.2, 0) is 11.2 Å². The maximum Gasteiger partial charge on any atom is 0.410 e. The first kappa shape index (κ1) is 32.2. The molecule has 5 aromatic rings. The van der Waals surface area contributed by atoms with Crippen molar-refractivity contribution in [1.29, 1.82) is 0 Å². The molecule has 10 heteroatoms. The number of carbonyl (C=O) groups excluding carboxylic acids is 1. The summed E-state index contributed by atoms with van der Waals surface area (Å²) >= 11 is 0. The van der Waals surface area contributed by atoms with Crippen molar-refractivity contribution in [1.82, 2.24) is 24.4 Å². The van der Waals surface area contributed by atoms with E-state index in [1.54, 1.807) is 0 Å². The number of aromatic nitrogens is 4. The van der Waals surface area contributed by atoms with Gasteiger partial charge in [-0.3, -0.25) is 4.57 Å². The number of anilines is 1. The van der Waals surface area contributed by atoms with Crippen molar-refractivity contribution in [2.75, 3.05) is 31.1 Å². The molecule has 7 rings (SSSR count). The number of ether oxygens (including phenoxy) is 2. The van der Waals surface area contributed by atoms with E-state index in [-0.39, 0.29) is 24.2 Å². The number of nitrogens with zero attached hydrogens (tertiary/aromatic N) is 6. The molecule has 1 unspecified atom stereocenters. The van der Waals surface area contributed by atoms with Gasteiger partial charge in [-0.05, 0) is 63.8 Å². The minimum absolute atomic E-state index is 0.0693. The van der Waals surface area contributed by atoms with Crippen molar-refractivity contribution in [3.8, 4) is 6.01 Å². The molecule has 48 heavy (non-hydrogen) atoms. The number of hydrogen-bond donors (Lipinski definition) is 0. The Kier molecular flexibility index (Phi) is 8.92. The lowest BCUT2D eigenvalue weighted by atomic mass is 9.93. The third kappa shape index (κ3) is 6.54. The van der Waals surface area contributed by atoms with Gasteiger partial charge >= 0.3 is 6.09 Å². The number of unbranched alkanes of at least 4 members (excludes halogenated alkanes) is 3. The molecule has 3 atom stereocenters. The number of fused-ring (bicyclic) bond motifs is 4. The number of hydrogen-bond acceptors (Lipinski definition) is 8. The Bertz CT molecular complexity index is 1910. The van der Waals surface area contributed by atoms with Gasteiger partial charge in [-0.25, -0.2) is 14.8 Å². The summed E-state index contributed by atoms with van der Waals surface area (Å²) < 4.78 is 21.2. The van der Waals surface area contributed by atoms with Crippen LogP contribution >= 0.6 is 0 Å². The molecule has 2 aliphatic rings. The highest BCUT2D eigenvalue weighted by Crippen LogP contribution is 2.38. The van der Waals surface area contributed by atoms with Crippen molar-refractivity contribution >= 4 is 45.0 Å². The highest BCUT2D eigenvalue weighted by molar-refractivity contribution is 6.05. The topological polar surface area (TPSA) is 98.8 Å². The molecule has 0 aliphatic carbocycles. The molecule has 0 N–H and O–H groups in total. The Labute approximate surface area is 282 Å². The molecule has 2 fully saturated rings. The molecular weight excluding hydrogens is 604 g/mol. The van der Waals surface area contributed by atoms with Crippen LogP contribution in [0.25, 0.3) is 33.1 Å². The molecule has 3 aromatic heterocycles. The maximum absolute atomic E-state index is 12.9. The number of rotatable bonds is 9. The molecule has 0 saturated carbocycles. The van der Waals surface area contributed by atoms with Crippen molar-refractivity contribution in [3.63, 3.8) is 0 Å². The first-order valence-electron chi connectivity index (χ1n) is 17.7. The molecule has 0 radical (unpaired) electrons. The van der Waals surface area contributed by atoms with Gasteiger partial charge in [-0.1, -0.05) is 57.4 Å². The molecule has 254 valence electrons. The largest absolute Gasteiger partial charge is 0.459 e. The average Bonchev–Trinajstić information content (AvgIpc) is 3.78. The number of furan rings is 1. The number of benzene rings is 2. The van der Waals surface area contributed by atoms with E-state index in [9.17, 15) is 4.79 Å². The monoisotopic (exact) mass is 652 g/mol. The molecule has 5 heterocycles. The van der Waals surface area contributed by atoms with Crippen LogP contribution in [0.3, 0.4) is 0 Å². The summed E-state index contributed by atoms with van der Waals surface area (Å²) in [6.07, 6.45) is 6.84. The zero-order valence-corrected chi connectivity index (χ0v) is 28.9. The van der Waals surface area contributed by atoms with Gasteiger partial charge in [0, 0.05) is 43.9 Å². The zero-order valence-electron chi connectivity index (χ0n) is 28.9. The molecule has 0 spiro atoms. The van der Waals surface area contributed by atoms with Crippen molar-refractivity contribution < 1.29 is 18.7 Å². The second-order valence-electron chi connectivity index (χ2n) is 14.5. The van der Waals surface area contributed by atoms with Gasteiger partial charge in [0.25, 0.3) is 6.01 Å². The summed E-state index contributed by atoms with van der Waals surface area (Å²) in [6, 6.07) is 17.1. The van der Waals surface area contributed by atoms with E-state index in [4.69, 9.17) is 28.8 Å². The number of aryl methyl sites for hydroxylation is 1. The lowest BCUT2D eigenvalue weighted by Gasteiger charge is -2.38. The maximum atomic E-state index is 12.9. The summed E-state index contributed by atoms with van der Waals surface area (Å²) in [5.41, 5.74) is 3.91. The van der Waals surface area contributed by atoms with Crippen LogP contribution in [0, 0.1) is 5.92 Å². The fourth-order valence-corrected chi connectivity index (χ4v) is 7.26. The molecule has 2 saturated heterocycles. The second kappa shape index (κ2) is 13.3. The third-order valence-electron chi connectivity index (χ3n) is 9.63. The van der Waals surface area contributed by atoms with E-state index in [0.29, 0.717) is 25.6 Å². The van der Waals surface area contributed by atoms with E-state index in [2.05, 4.69) is 41.5 Å². The van der Waals surface area contributed by atoms with Crippen LogP contribution in [0.1, 0.15) is 85.0 Å². The van der Waals surface area contributed by atoms with Crippen LogP contribution in [0.4, 0.5) is 10.6 Å². The molecule has 10 nitrogen and oxygen atoms in total. The average molecular weight is 653 g/mol. The summed E-state index contributed by atoms with van der Waals surface area (Å²) in [5.74, 6) is 1.91. The third-order valence-corrected chi connectivity index (χ3v) is 9.63. The Balaban J connectivity index is 1.13. The first-order chi connectivity index (χ1) is 23.2. The summed E-state index contributed by atoms with van der Waals surface area (Å²) in [6.45, 7) is 12.9. The summed E-state index contributed by atoms with van der Waals surface area (Å²) in [7, 11) is 0. The van der Waals surface area contributed by atoms with Crippen molar-refractivity contribution in [2.24, 2.45) is 5.92 Å². The zero-order chi connectivity index (χ0) is 33.4. The molecule has 1 amide bonds. The Morgan fingerprint density at radius 1 is 0.958 bits per heavy atom. The Hall–Kier alpha value is -4.34. The van der Waals surface area contributed by atoms with Crippen molar-refractivity contribution in [2.45, 2.75) is 97.3 Å². The summed E-state index contributed by atoms with van der Waals surface area (Å²) in [4.78, 5) is 32.1. The van der Waals surface area contributed by atoms with Gasteiger partial charge in [0.2, 0.25) is 0 Å². The van der Waals surface area contributed by atoms with E-state index >= 15 is 0 Å². The minimum atomic E-state index is -0.522. The SMILES string of the molecule is CCCCCCc1nc(N2CC[C@H](Oc3nc4ccccc4n3C3CCN(C(=O)OC(C)(C)C)C[C@@H]3C)C2)c2oc3ccccc3c2n1. The van der Waals surface area contributed by atoms with E-state index in [1.165, 1.54) is 19.3 Å². The highest BCUT2D eigenvalue weighted by Gasteiger charge is 2.36. The van der Waals surface area contributed by atoms with E-state index in [1.807, 2.05) is 56.0 Å². The van der Waals surface area contributed by atoms with Crippen molar-refractivity contribution in [3.05, 3.63) is 54.4 Å². The second-order valence-corrected chi connectivity index (χ2v) is 14.5. The van der Waals surface area contributed by atoms with Gasteiger partial charge in [-0.2, -0.15) is 4.98 Å². The van der Waals surface area contributed by atoms with Crippen LogP contribution in [0.15, 0.2) is 52.9 Å². The molecular formula is C38H48N6O4. The lowest BCUT2D eigenvalue weighted by Crippen LogP contribution is -2.45. The summed E-state index contributed by atoms with van der Waals surface area (Å²) in [5, 5.41) is 1.03. The lowest BCUT2D eigenvalue weighted by molar-refractivity contribution is 0.0121. The van der Waals surface area contributed by atoms with E-state index in [0.717, 1.165) is 77.0 Å². The fourth-order valence-electron chi connectivity index (χ4n) is 7.26. The van der Waals surface area contributed by atoms with Gasteiger partial charge < -0.3 is 23.7 Å². The number of carbonyl (C=O) groups is 1. The normalized spacial score (nSPS) is 20.3. The number of para-hydroxylation sites is 3. The molecule has 2 aromatic carbocycles. The fraction of sp³-hybridized carbons (Fsp3) is 0.526. The quantitative estimate of drug-likeness (QED) is 0.147. The van der Waals surface area contributed by atoms with Crippen LogP contribution < -0.4 is 9.64 Å². The minimum Gasteiger partial charge on any atom is -0.459 e. The molecule has 2 aliphatic heterocycles. The Morgan fingerprint density at radius 3 is 2.58 bits per heavy atom. The Morgan fingerprint density at radius 2 is 1.77 bits per heavy atom. The standard InChI is InChI=1S/C38H48N6O4/c1-6-7-8-9-18-32-40-33-27-14-10-13-17-31(27)47-34(33)35(41-32)42-21-19-26(24-42)46-36-39-28-15-11-12-16-30(28)44(36)29-20-22-43(23-25(29)2)37(45)48-38(3,4)5/h10-17,25-26,29H,6-9,18-24H2,1-5H3/t25-,26-,29?/m0/s1. The van der Waals surface area contributed by atoms with Crippen LogP contribution in [-0.4, -0.2) is 68.4 Å². The molecule has 0 bridgehead atoms. The number of piperidine rings is 1. The van der Waals surface area contributed by atoms with Gasteiger partial charge in [-0.15, -0.1) is 0 Å².